The van der Waals surface area contributed by atoms with Gasteiger partial charge in [-0.3, -0.25) is 9.59 Å². The Labute approximate surface area is 198 Å². The monoisotopic (exact) mass is 546 g/mol. The molecule has 0 bridgehead atoms. The van der Waals surface area contributed by atoms with Crippen molar-refractivity contribution in [3.63, 3.8) is 0 Å². The molecule has 0 fully saturated rings. The minimum atomic E-state index is -4.68. The van der Waals surface area contributed by atoms with E-state index in [4.69, 9.17) is 0 Å². The zero-order chi connectivity index (χ0) is 23.3. The van der Waals surface area contributed by atoms with E-state index in [1.165, 1.54) is 22.7 Å². The van der Waals surface area contributed by atoms with Crippen LogP contribution in [-0.4, -0.2) is 35.7 Å². The molecule has 2 aromatic heterocycles. The molecule has 0 saturated carbocycles. The average Bonchev–Trinajstić information content (AvgIpc) is 3.39. The van der Waals surface area contributed by atoms with Gasteiger partial charge in [-0.1, -0.05) is 30.3 Å². The minimum Gasteiger partial charge on any atom is -0.383 e. The first-order chi connectivity index (χ1) is 15.1. The number of hydrogen-bond acceptors (Lipinski definition) is 5. The summed E-state index contributed by atoms with van der Waals surface area (Å²) in [5.41, 5.74) is 0.579. The Hall–Kier alpha value is -2.21. The fourth-order valence-electron chi connectivity index (χ4n) is 2.84. The molecule has 0 aliphatic heterocycles. The van der Waals surface area contributed by atoms with Crippen molar-refractivity contribution >= 4 is 50.4 Å². The molecule has 3 aromatic rings. The molecule has 2 amide bonds. The van der Waals surface area contributed by atoms with Gasteiger partial charge in [-0.15, -0.1) is 22.7 Å². The second-order valence-electron chi connectivity index (χ2n) is 6.78. The number of rotatable bonds is 8. The van der Waals surface area contributed by atoms with Crippen molar-refractivity contribution in [3.8, 4) is 9.75 Å². The standard InChI is InChI=1S/C21H18BrF3N2O3S2/c22-18-9-8-16(32-18)15-6-7-17(31-15)20(30)26-11-13(12-4-2-1-3-5-12)27-19(29)14(28)10-21(23,24)25/h1-9,13-14,28H,10-11H2,(H,26,30)(H,27,29). The normalized spacial score (nSPS) is 13.4. The Kier molecular flexibility index (Phi) is 8.10. The number of amides is 2. The molecule has 11 heteroatoms. The third-order valence-corrected chi connectivity index (χ3v) is 7.26. The lowest BCUT2D eigenvalue weighted by atomic mass is 10.1. The Morgan fingerprint density at radius 2 is 1.66 bits per heavy atom. The van der Waals surface area contributed by atoms with Gasteiger partial charge in [0.1, 0.15) is 6.10 Å². The van der Waals surface area contributed by atoms with Crippen molar-refractivity contribution in [2.24, 2.45) is 0 Å². The molecule has 2 unspecified atom stereocenters. The van der Waals surface area contributed by atoms with E-state index in [0.29, 0.717) is 10.4 Å². The van der Waals surface area contributed by atoms with E-state index in [9.17, 15) is 27.9 Å². The van der Waals surface area contributed by atoms with Crippen molar-refractivity contribution in [1.82, 2.24) is 10.6 Å². The van der Waals surface area contributed by atoms with E-state index in [1.54, 1.807) is 36.4 Å². The summed E-state index contributed by atoms with van der Waals surface area (Å²) >= 11 is 6.25. The lowest BCUT2D eigenvalue weighted by Gasteiger charge is -2.22. The molecule has 170 valence electrons. The summed E-state index contributed by atoms with van der Waals surface area (Å²) < 4.78 is 38.5. The van der Waals surface area contributed by atoms with E-state index in [-0.39, 0.29) is 12.5 Å². The van der Waals surface area contributed by atoms with Gasteiger partial charge in [0.25, 0.3) is 5.91 Å². The van der Waals surface area contributed by atoms with Crippen LogP contribution in [0.25, 0.3) is 9.75 Å². The fourth-order valence-corrected chi connectivity index (χ4v) is 5.24. The Balaban J connectivity index is 1.67. The lowest BCUT2D eigenvalue weighted by Crippen LogP contribution is -2.43. The quantitative estimate of drug-likeness (QED) is 0.366. The summed E-state index contributed by atoms with van der Waals surface area (Å²) in [6, 6.07) is 15.1. The average molecular weight is 547 g/mol. The topological polar surface area (TPSA) is 78.4 Å². The number of benzene rings is 1. The molecule has 32 heavy (non-hydrogen) atoms. The molecule has 2 heterocycles. The maximum atomic E-state index is 12.6. The van der Waals surface area contributed by atoms with Crippen LogP contribution in [0.15, 0.2) is 58.4 Å². The molecule has 5 nitrogen and oxygen atoms in total. The van der Waals surface area contributed by atoms with Crippen LogP contribution in [0.3, 0.4) is 0 Å². The van der Waals surface area contributed by atoms with Crippen LogP contribution in [0.2, 0.25) is 0 Å². The molecular weight excluding hydrogens is 529 g/mol. The zero-order valence-electron chi connectivity index (χ0n) is 16.4. The Morgan fingerprint density at radius 1 is 1.00 bits per heavy atom. The first-order valence-corrected chi connectivity index (χ1v) is 11.8. The van der Waals surface area contributed by atoms with Gasteiger partial charge in [0.2, 0.25) is 5.91 Å². The number of nitrogens with one attached hydrogen (secondary N) is 2. The Bertz CT molecular complexity index is 1070. The number of hydrogen-bond donors (Lipinski definition) is 3. The third kappa shape index (κ3) is 6.89. The number of carbonyl (C=O) groups excluding carboxylic acids is 2. The van der Waals surface area contributed by atoms with Crippen molar-refractivity contribution < 1.29 is 27.9 Å². The number of aliphatic hydroxyl groups excluding tert-OH is 1. The largest absolute Gasteiger partial charge is 0.392 e. The second kappa shape index (κ2) is 10.6. The van der Waals surface area contributed by atoms with Gasteiger partial charge in [-0.2, -0.15) is 13.2 Å². The van der Waals surface area contributed by atoms with Gasteiger partial charge in [-0.25, -0.2) is 0 Å². The maximum Gasteiger partial charge on any atom is 0.392 e. The smallest absolute Gasteiger partial charge is 0.383 e. The summed E-state index contributed by atoms with van der Waals surface area (Å²) in [5.74, 6) is -1.53. The predicted molar refractivity (Wildman–Crippen MR) is 122 cm³/mol. The molecular formula is C21H18BrF3N2O3S2. The van der Waals surface area contributed by atoms with Gasteiger partial charge in [0, 0.05) is 16.3 Å². The van der Waals surface area contributed by atoms with Gasteiger partial charge in [0.05, 0.1) is 21.1 Å². The number of aliphatic hydroxyl groups is 1. The SMILES string of the molecule is O=C(NCC(NC(=O)C(O)CC(F)(F)F)c1ccccc1)c1ccc(-c2ccc(Br)s2)s1. The fraction of sp³-hybridized carbons (Fsp3) is 0.238. The van der Waals surface area contributed by atoms with E-state index < -0.39 is 30.7 Å². The molecule has 2 atom stereocenters. The highest BCUT2D eigenvalue weighted by Crippen LogP contribution is 2.35. The highest BCUT2D eigenvalue weighted by molar-refractivity contribution is 9.11. The molecule has 0 saturated heterocycles. The summed E-state index contributed by atoms with van der Waals surface area (Å²) in [5, 5.41) is 14.7. The minimum absolute atomic E-state index is 0.0644. The first kappa shape index (κ1) is 24.4. The number of carbonyl (C=O) groups is 2. The highest BCUT2D eigenvalue weighted by atomic mass is 79.9. The number of halogens is 4. The van der Waals surface area contributed by atoms with Gasteiger partial charge in [0.15, 0.2) is 0 Å². The predicted octanol–water partition coefficient (Wildman–Crippen LogP) is 5.14. The van der Waals surface area contributed by atoms with Gasteiger partial charge < -0.3 is 15.7 Å². The van der Waals surface area contributed by atoms with Gasteiger partial charge in [-0.05, 0) is 45.8 Å². The molecule has 3 rings (SSSR count). The zero-order valence-corrected chi connectivity index (χ0v) is 19.6. The van der Waals surface area contributed by atoms with Crippen molar-refractivity contribution in [1.29, 1.82) is 0 Å². The van der Waals surface area contributed by atoms with Crippen LogP contribution >= 0.6 is 38.6 Å². The van der Waals surface area contributed by atoms with Crippen LogP contribution in [0.4, 0.5) is 13.2 Å². The van der Waals surface area contributed by atoms with Crippen LogP contribution in [0.5, 0.6) is 0 Å². The summed E-state index contributed by atoms with van der Waals surface area (Å²) in [4.78, 5) is 27.1. The maximum absolute atomic E-state index is 12.6. The van der Waals surface area contributed by atoms with Crippen LogP contribution in [-0.2, 0) is 4.79 Å². The van der Waals surface area contributed by atoms with Gasteiger partial charge >= 0.3 is 6.18 Å². The van der Waals surface area contributed by atoms with Crippen LogP contribution in [0.1, 0.15) is 27.7 Å². The molecule has 0 spiro atoms. The summed E-state index contributed by atoms with van der Waals surface area (Å²) in [6.07, 6.45) is -8.56. The second-order valence-corrected chi connectivity index (χ2v) is 10.3. The Morgan fingerprint density at radius 3 is 2.28 bits per heavy atom. The molecule has 3 N–H and O–H groups in total. The van der Waals surface area contributed by atoms with E-state index in [1.807, 2.05) is 18.2 Å². The summed E-state index contributed by atoms with van der Waals surface area (Å²) in [7, 11) is 0. The van der Waals surface area contributed by atoms with Crippen LogP contribution < -0.4 is 10.6 Å². The third-order valence-electron chi connectivity index (χ3n) is 4.36. The van der Waals surface area contributed by atoms with Crippen molar-refractivity contribution in [2.45, 2.75) is 24.7 Å². The molecule has 0 aliphatic carbocycles. The van der Waals surface area contributed by atoms with E-state index in [2.05, 4.69) is 26.6 Å². The molecule has 1 aromatic carbocycles. The summed E-state index contributed by atoms with van der Waals surface area (Å²) in [6.45, 7) is -0.0644. The first-order valence-electron chi connectivity index (χ1n) is 9.36. The molecule has 0 radical (unpaired) electrons. The molecule has 0 aliphatic rings. The van der Waals surface area contributed by atoms with Crippen molar-refractivity contribution in [2.75, 3.05) is 6.54 Å². The highest BCUT2D eigenvalue weighted by Gasteiger charge is 2.35. The number of thiophene rings is 2. The van der Waals surface area contributed by atoms with E-state index in [0.717, 1.165) is 13.5 Å². The lowest BCUT2D eigenvalue weighted by molar-refractivity contribution is -0.163. The van der Waals surface area contributed by atoms with E-state index >= 15 is 0 Å². The van der Waals surface area contributed by atoms with Crippen molar-refractivity contribution in [3.05, 3.63) is 68.8 Å². The van der Waals surface area contributed by atoms with Crippen LogP contribution in [0, 0.1) is 0 Å². The number of alkyl halides is 3.